The van der Waals surface area contributed by atoms with Crippen LogP contribution in [0, 0.1) is 18.7 Å². The number of nitrogens with one attached hydrogen (secondary N) is 1. The average molecular weight is 281 g/mol. The van der Waals surface area contributed by atoms with Crippen LogP contribution in [-0.2, 0) is 4.79 Å². The van der Waals surface area contributed by atoms with E-state index in [9.17, 15) is 14.3 Å². The van der Waals surface area contributed by atoms with Gasteiger partial charge in [0.05, 0.1) is 11.5 Å². The number of carboxylic acids is 1. The lowest BCUT2D eigenvalue weighted by molar-refractivity contribution is -0.144. The van der Waals surface area contributed by atoms with Gasteiger partial charge in [-0.3, -0.25) is 4.79 Å². The maximum Gasteiger partial charge on any atom is 0.306 e. The normalized spacial score (nSPS) is 26.2. The van der Waals surface area contributed by atoms with Crippen LogP contribution in [0.3, 0.4) is 0 Å². The highest BCUT2D eigenvalue weighted by Gasteiger charge is 2.35. The van der Waals surface area contributed by atoms with Gasteiger partial charge in [-0.05, 0) is 56.4 Å². The number of aliphatic carboxylic acids is 1. The second-order valence-electron chi connectivity index (χ2n) is 5.65. The number of rotatable bonds is 4. The van der Waals surface area contributed by atoms with Crippen LogP contribution in [0.5, 0.6) is 0 Å². The molecule has 0 radical (unpaired) electrons. The van der Waals surface area contributed by atoms with E-state index in [0.717, 1.165) is 5.69 Å². The van der Waals surface area contributed by atoms with Crippen LogP contribution >= 0.6 is 0 Å². The van der Waals surface area contributed by atoms with Crippen LogP contribution in [0.15, 0.2) is 18.2 Å². The molecule has 4 nitrogen and oxygen atoms in total. The molecular weight excluding hydrogens is 261 g/mol. The Morgan fingerprint density at radius 3 is 2.65 bits per heavy atom. The first-order chi connectivity index (χ1) is 9.39. The third kappa shape index (κ3) is 3.48. The van der Waals surface area contributed by atoms with Crippen molar-refractivity contribution in [2.75, 3.05) is 11.9 Å². The molecule has 1 saturated carbocycles. The maximum atomic E-state index is 13.2. The Hall–Kier alpha value is -1.62. The van der Waals surface area contributed by atoms with E-state index in [-0.39, 0.29) is 11.7 Å². The molecule has 0 saturated heterocycles. The van der Waals surface area contributed by atoms with E-state index in [1.54, 1.807) is 19.1 Å². The van der Waals surface area contributed by atoms with E-state index in [4.69, 9.17) is 5.11 Å². The molecule has 0 atom stereocenters. The minimum atomic E-state index is -0.881. The number of halogens is 1. The summed E-state index contributed by atoms with van der Waals surface area (Å²) >= 11 is 0. The van der Waals surface area contributed by atoms with Crippen molar-refractivity contribution in [2.45, 2.75) is 38.2 Å². The highest BCUT2D eigenvalue weighted by molar-refractivity contribution is 5.70. The van der Waals surface area contributed by atoms with E-state index < -0.39 is 11.6 Å². The van der Waals surface area contributed by atoms with Crippen molar-refractivity contribution >= 4 is 11.7 Å². The Labute approximate surface area is 117 Å². The molecule has 3 N–H and O–H groups in total. The zero-order valence-corrected chi connectivity index (χ0v) is 11.5. The van der Waals surface area contributed by atoms with Crippen molar-refractivity contribution in [1.29, 1.82) is 0 Å². The van der Waals surface area contributed by atoms with Crippen molar-refractivity contribution < 1.29 is 19.4 Å². The third-order valence-corrected chi connectivity index (χ3v) is 4.05. The van der Waals surface area contributed by atoms with Gasteiger partial charge in [-0.1, -0.05) is 0 Å². The van der Waals surface area contributed by atoms with E-state index in [0.29, 0.717) is 37.8 Å². The molecule has 0 aromatic heterocycles. The smallest absolute Gasteiger partial charge is 0.306 e. The average Bonchev–Trinajstić information content (AvgIpc) is 2.41. The van der Waals surface area contributed by atoms with Gasteiger partial charge in [0.15, 0.2) is 0 Å². The van der Waals surface area contributed by atoms with Gasteiger partial charge >= 0.3 is 5.97 Å². The molecule has 0 bridgehead atoms. The predicted molar refractivity (Wildman–Crippen MR) is 74.2 cm³/mol. The summed E-state index contributed by atoms with van der Waals surface area (Å²) in [4.78, 5) is 10.9. The summed E-state index contributed by atoms with van der Waals surface area (Å²) in [5, 5.41) is 22.5. The molecule has 0 aliphatic heterocycles. The zero-order chi connectivity index (χ0) is 14.8. The Balaban J connectivity index is 1.90. The Morgan fingerprint density at radius 1 is 1.45 bits per heavy atom. The number of hydrogen-bond acceptors (Lipinski definition) is 3. The van der Waals surface area contributed by atoms with Crippen LogP contribution < -0.4 is 5.32 Å². The molecule has 1 aliphatic carbocycles. The molecule has 1 aliphatic rings. The van der Waals surface area contributed by atoms with E-state index in [2.05, 4.69) is 5.32 Å². The van der Waals surface area contributed by atoms with Crippen molar-refractivity contribution in [3.05, 3.63) is 29.6 Å². The first kappa shape index (κ1) is 14.8. The SMILES string of the molecule is Cc1cc(NCC2(O)CCC(C(=O)O)CC2)ccc1F. The van der Waals surface area contributed by atoms with Crippen molar-refractivity contribution in [3.8, 4) is 0 Å². The fourth-order valence-electron chi connectivity index (χ4n) is 2.60. The molecular formula is C15H20FNO3. The molecule has 0 heterocycles. The molecule has 1 fully saturated rings. The summed E-state index contributed by atoms with van der Waals surface area (Å²) in [6.07, 6.45) is 1.93. The lowest BCUT2D eigenvalue weighted by Gasteiger charge is -2.35. The number of aryl methyl sites for hydroxylation is 1. The summed E-state index contributed by atoms with van der Waals surface area (Å²) in [7, 11) is 0. The van der Waals surface area contributed by atoms with Crippen LogP contribution in [0.4, 0.5) is 10.1 Å². The summed E-state index contributed by atoms with van der Waals surface area (Å²) in [6.45, 7) is 2.04. The lowest BCUT2D eigenvalue weighted by Crippen LogP contribution is -2.41. The van der Waals surface area contributed by atoms with Crippen molar-refractivity contribution in [1.82, 2.24) is 0 Å². The maximum absolute atomic E-state index is 13.2. The van der Waals surface area contributed by atoms with E-state index in [1.807, 2.05) is 0 Å². The summed E-state index contributed by atoms with van der Waals surface area (Å²) in [6, 6.07) is 4.72. The molecule has 1 aromatic carbocycles. The van der Waals surface area contributed by atoms with Crippen LogP contribution in [0.1, 0.15) is 31.2 Å². The fraction of sp³-hybridized carbons (Fsp3) is 0.533. The summed E-state index contributed by atoms with van der Waals surface area (Å²) in [5.74, 6) is -1.38. The van der Waals surface area contributed by atoms with Gasteiger partial charge in [0, 0.05) is 12.2 Å². The van der Waals surface area contributed by atoms with Gasteiger partial charge < -0.3 is 15.5 Å². The number of carbonyl (C=O) groups is 1. The second kappa shape index (κ2) is 5.79. The quantitative estimate of drug-likeness (QED) is 0.793. The highest BCUT2D eigenvalue weighted by atomic mass is 19.1. The fourth-order valence-corrected chi connectivity index (χ4v) is 2.60. The zero-order valence-electron chi connectivity index (χ0n) is 11.5. The van der Waals surface area contributed by atoms with Gasteiger partial charge in [-0.25, -0.2) is 4.39 Å². The largest absolute Gasteiger partial charge is 0.481 e. The van der Waals surface area contributed by atoms with Crippen molar-refractivity contribution in [3.63, 3.8) is 0 Å². The monoisotopic (exact) mass is 281 g/mol. The first-order valence-corrected chi connectivity index (χ1v) is 6.85. The lowest BCUT2D eigenvalue weighted by atomic mass is 9.79. The van der Waals surface area contributed by atoms with Gasteiger partial charge in [0.2, 0.25) is 0 Å². The Morgan fingerprint density at radius 2 is 2.10 bits per heavy atom. The number of carboxylic acid groups (broad SMARTS) is 1. The van der Waals surface area contributed by atoms with Crippen molar-refractivity contribution in [2.24, 2.45) is 5.92 Å². The molecule has 0 amide bonds. The molecule has 0 spiro atoms. The minimum absolute atomic E-state index is 0.253. The van der Waals surface area contributed by atoms with Gasteiger partial charge in [0.1, 0.15) is 5.82 Å². The highest BCUT2D eigenvalue weighted by Crippen LogP contribution is 2.32. The third-order valence-electron chi connectivity index (χ3n) is 4.05. The number of benzene rings is 1. The summed E-state index contributed by atoms with van der Waals surface area (Å²) in [5.41, 5.74) is 0.433. The topological polar surface area (TPSA) is 69.6 Å². The second-order valence-corrected chi connectivity index (χ2v) is 5.65. The van der Waals surface area contributed by atoms with Crippen LogP contribution in [-0.4, -0.2) is 28.3 Å². The predicted octanol–water partition coefficient (Wildman–Crippen LogP) is 2.55. The van der Waals surface area contributed by atoms with Gasteiger partial charge in [-0.2, -0.15) is 0 Å². The first-order valence-electron chi connectivity index (χ1n) is 6.85. The standard InChI is InChI=1S/C15H20FNO3/c1-10-8-12(2-3-13(10)16)17-9-15(20)6-4-11(5-7-15)14(18)19/h2-3,8,11,17,20H,4-7,9H2,1H3,(H,18,19). The molecule has 2 rings (SSSR count). The number of aliphatic hydroxyl groups is 1. The number of anilines is 1. The van der Waals surface area contributed by atoms with Gasteiger partial charge in [-0.15, -0.1) is 0 Å². The van der Waals surface area contributed by atoms with Crippen LogP contribution in [0.25, 0.3) is 0 Å². The Bertz CT molecular complexity index is 496. The molecule has 5 heteroatoms. The van der Waals surface area contributed by atoms with E-state index in [1.165, 1.54) is 6.07 Å². The minimum Gasteiger partial charge on any atom is -0.481 e. The number of hydrogen-bond donors (Lipinski definition) is 3. The molecule has 0 unspecified atom stereocenters. The van der Waals surface area contributed by atoms with Crippen LogP contribution in [0.2, 0.25) is 0 Å². The molecule has 1 aromatic rings. The molecule has 110 valence electrons. The molecule has 20 heavy (non-hydrogen) atoms. The summed E-state index contributed by atoms with van der Waals surface area (Å²) < 4.78 is 13.2. The van der Waals surface area contributed by atoms with Gasteiger partial charge in [0.25, 0.3) is 0 Å². The Kier molecular flexibility index (Phi) is 4.28. The van der Waals surface area contributed by atoms with E-state index >= 15 is 0 Å².